The molecule has 1 aromatic heterocycles. The summed E-state index contributed by atoms with van der Waals surface area (Å²) in [7, 11) is 0. The number of hydrogen-bond acceptors (Lipinski definition) is 9. The molecule has 1 N–H and O–H groups in total. The first-order chi connectivity index (χ1) is 15.8. The Labute approximate surface area is 185 Å². The zero-order valence-electron chi connectivity index (χ0n) is 16.8. The van der Waals surface area contributed by atoms with E-state index in [-0.39, 0.29) is 0 Å². The van der Waals surface area contributed by atoms with E-state index in [0.717, 1.165) is 24.0 Å². The molecule has 0 radical (unpaired) electrons. The first-order valence-electron chi connectivity index (χ1n) is 9.40. The second-order valence-corrected chi connectivity index (χ2v) is 6.64. The maximum atomic E-state index is 10.4. The van der Waals surface area contributed by atoms with E-state index in [1.165, 1.54) is 5.56 Å². The van der Waals surface area contributed by atoms with Crippen molar-refractivity contribution in [3.05, 3.63) is 103 Å². The molecule has 0 spiro atoms. The summed E-state index contributed by atoms with van der Waals surface area (Å²) in [5, 5.41) is 48.5. The summed E-state index contributed by atoms with van der Waals surface area (Å²) in [6.45, 7) is 0.866. The lowest BCUT2D eigenvalue weighted by molar-refractivity contribution is -0.404. The van der Waals surface area contributed by atoms with Crippen LogP contribution in [0.1, 0.15) is 5.56 Å². The van der Waals surface area contributed by atoms with Gasteiger partial charge in [0.25, 0.3) is 11.4 Å². The van der Waals surface area contributed by atoms with E-state index < -0.39 is 37.6 Å². The number of aryl methyl sites for hydroxylation is 2. The number of aromatic nitrogens is 3. The number of benzene rings is 3. The number of aromatic hydroxyl groups is 1. The summed E-state index contributed by atoms with van der Waals surface area (Å²) in [6.07, 6.45) is 0.980. The number of phenols is 1. The van der Waals surface area contributed by atoms with Crippen LogP contribution in [0.15, 0.2) is 66.7 Å². The molecule has 13 heteroatoms. The van der Waals surface area contributed by atoms with Crippen LogP contribution in [-0.2, 0) is 13.0 Å². The Kier molecular flexibility index (Phi) is 6.83. The number of nitrogens with zero attached hydrogens (tertiary/aromatic N) is 6. The van der Waals surface area contributed by atoms with E-state index in [4.69, 9.17) is 5.11 Å². The quantitative estimate of drug-likeness (QED) is 0.336. The molecule has 0 aliphatic carbocycles. The van der Waals surface area contributed by atoms with Gasteiger partial charge in [-0.15, -0.1) is 5.10 Å². The van der Waals surface area contributed by atoms with Gasteiger partial charge in [0, 0.05) is 6.54 Å². The minimum atomic E-state index is -1.21. The molecule has 0 amide bonds. The van der Waals surface area contributed by atoms with Crippen molar-refractivity contribution in [2.24, 2.45) is 0 Å². The van der Waals surface area contributed by atoms with Crippen molar-refractivity contribution < 1.29 is 19.9 Å². The van der Waals surface area contributed by atoms with Gasteiger partial charge in [-0.05, 0) is 24.1 Å². The number of para-hydroxylation sites is 1. The second kappa shape index (κ2) is 9.91. The standard InChI is InChI=1S/C14H13N3.C6H3N3O7/c1-2-6-12(7-3-1)10-11-17-14-9-5-4-8-13(14)15-16-17;10-6-4(8(13)14)1-3(7(11)12)2-5(6)9(15)16/h1-9H,10-11H2;1-2,10H. The van der Waals surface area contributed by atoms with Crippen LogP contribution in [0.25, 0.3) is 11.0 Å². The summed E-state index contributed by atoms with van der Waals surface area (Å²) >= 11 is 0. The zero-order valence-corrected chi connectivity index (χ0v) is 16.8. The smallest absolute Gasteiger partial charge is 0.324 e. The summed E-state index contributed by atoms with van der Waals surface area (Å²) in [4.78, 5) is 27.8. The first kappa shape index (κ1) is 22.7. The SMILES string of the molecule is O=[N+]([O-])c1cc([N+](=O)[O-])c(O)c([N+](=O)[O-])c1.c1ccc(CCn2nnc3ccccc32)cc1. The lowest BCUT2D eigenvalue weighted by Crippen LogP contribution is -2.03. The second-order valence-electron chi connectivity index (χ2n) is 6.64. The Bertz CT molecular complexity index is 1290. The van der Waals surface area contributed by atoms with Crippen molar-refractivity contribution in [2.45, 2.75) is 13.0 Å². The predicted octanol–water partition coefficient (Wildman–Crippen LogP) is 3.79. The maximum Gasteiger partial charge on any atom is 0.324 e. The third kappa shape index (κ3) is 5.41. The fourth-order valence-corrected chi connectivity index (χ4v) is 2.94. The third-order valence-electron chi connectivity index (χ3n) is 4.53. The fourth-order valence-electron chi connectivity index (χ4n) is 2.94. The molecule has 13 nitrogen and oxygen atoms in total. The minimum absolute atomic E-state index is 0.447. The van der Waals surface area contributed by atoms with Crippen LogP contribution < -0.4 is 0 Å². The molecule has 0 fully saturated rings. The number of phenolic OH excluding ortho intramolecular Hbond substituents is 1. The Hall–Kier alpha value is -4.94. The number of nitro benzene ring substituents is 3. The van der Waals surface area contributed by atoms with Gasteiger partial charge in [0.2, 0.25) is 0 Å². The van der Waals surface area contributed by atoms with Gasteiger partial charge >= 0.3 is 11.4 Å². The van der Waals surface area contributed by atoms with E-state index in [0.29, 0.717) is 12.1 Å². The van der Waals surface area contributed by atoms with Crippen molar-refractivity contribution in [1.29, 1.82) is 0 Å². The molecule has 4 aromatic rings. The Morgan fingerprint density at radius 1 is 0.818 bits per heavy atom. The molecule has 0 atom stereocenters. The highest BCUT2D eigenvalue weighted by molar-refractivity contribution is 5.73. The van der Waals surface area contributed by atoms with Crippen LogP contribution in [0, 0.1) is 30.3 Å². The monoisotopic (exact) mass is 452 g/mol. The average Bonchev–Trinajstić information content (AvgIpc) is 3.21. The molecule has 0 unspecified atom stereocenters. The summed E-state index contributed by atoms with van der Waals surface area (Å²) in [5.41, 5.74) is 0.383. The Morgan fingerprint density at radius 3 is 1.97 bits per heavy atom. The van der Waals surface area contributed by atoms with Crippen molar-refractivity contribution >= 4 is 28.1 Å². The van der Waals surface area contributed by atoms with Crippen LogP contribution in [0.2, 0.25) is 0 Å². The summed E-state index contributed by atoms with van der Waals surface area (Å²) in [5.74, 6) is -1.21. The molecule has 1 heterocycles. The topological polar surface area (TPSA) is 180 Å². The van der Waals surface area contributed by atoms with Crippen LogP contribution >= 0.6 is 0 Å². The number of non-ortho nitro benzene ring substituents is 1. The minimum Gasteiger partial charge on any atom is -0.497 e. The van der Waals surface area contributed by atoms with Crippen molar-refractivity contribution in [1.82, 2.24) is 15.0 Å². The van der Waals surface area contributed by atoms with Crippen molar-refractivity contribution in [3.63, 3.8) is 0 Å². The number of nitro groups is 3. The molecule has 4 rings (SSSR count). The fraction of sp³-hybridized carbons (Fsp3) is 0.100. The van der Waals surface area contributed by atoms with Crippen molar-refractivity contribution in [2.75, 3.05) is 0 Å². The Morgan fingerprint density at radius 2 is 1.39 bits per heavy atom. The van der Waals surface area contributed by atoms with Gasteiger partial charge in [-0.25, -0.2) is 4.68 Å². The highest BCUT2D eigenvalue weighted by Gasteiger charge is 2.30. The van der Waals surface area contributed by atoms with Crippen LogP contribution in [0.3, 0.4) is 0 Å². The van der Waals surface area contributed by atoms with Gasteiger partial charge in [-0.2, -0.15) is 0 Å². The highest BCUT2D eigenvalue weighted by Crippen LogP contribution is 2.38. The lowest BCUT2D eigenvalue weighted by atomic mass is 10.1. The van der Waals surface area contributed by atoms with Gasteiger partial charge < -0.3 is 5.11 Å². The molecule has 0 bridgehead atoms. The number of hydrogen-bond donors (Lipinski definition) is 1. The van der Waals surface area contributed by atoms with Crippen LogP contribution in [-0.4, -0.2) is 34.9 Å². The van der Waals surface area contributed by atoms with Crippen LogP contribution in [0.4, 0.5) is 17.1 Å². The molecular weight excluding hydrogens is 436 g/mol. The normalized spacial score (nSPS) is 10.3. The molecule has 168 valence electrons. The molecule has 0 aliphatic rings. The van der Waals surface area contributed by atoms with E-state index in [1.807, 2.05) is 28.9 Å². The van der Waals surface area contributed by atoms with Gasteiger partial charge in [-0.1, -0.05) is 47.7 Å². The molecule has 3 aromatic carbocycles. The predicted molar refractivity (Wildman–Crippen MR) is 116 cm³/mol. The summed E-state index contributed by atoms with van der Waals surface area (Å²) in [6, 6.07) is 19.4. The van der Waals surface area contributed by atoms with Gasteiger partial charge in [0.15, 0.2) is 0 Å². The summed E-state index contributed by atoms with van der Waals surface area (Å²) < 4.78 is 1.96. The average molecular weight is 452 g/mol. The molecule has 0 aliphatic heterocycles. The zero-order chi connectivity index (χ0) is 24.0. The van der Waals surface area contributed by atoms with E-state index in [2.05, 4.69) is 40.6 Å². The van der Waals surface area contributed by atoms with E-state index >= 15 is 0 Å². The lowest BCUT2D eigenvalue weighted by Gasteiger charge is -2.02. The largest absolute Gasteiger partial charge is 0.497 e. The molecular formula is C20H16N6O7. The van der Waals surface area contributed by atoms with Crippen molar-refractivity contribution in [3.8, 4) is 5.75 Å². The highest BCUT2D eigenvalue weighted by atomic mass is 16.6. The molecule has 33 heavy (non-hydrogen) atoms. The third-order valence-corrected chi connectivity index (χ3v) is 4.53. The van der Waals surface area contributed by atoms with Gasteiger partial charge in [-0.3, -0.25) is 30.3 Å². The molecule has 0 saturated heterocycles. The number of rotatable bonds is 6. The number of fused-ring (bicyclic) bond motifs is 1. The van der Waals surface area contributed by atoms with E-state index in [1.54, 1.807) is 0 Å². The van der Waals surface area contributed by atoms with E-state index in [9.17, 15) is 30.3 Å². The van der Waals surface area contributed by atoms with Crippen LogP contribution in [0.5, 0.6) is 5.75 Å². The Balaban J connectivity index is 0.000000186. The first-order valence-corrected chi connectivity index (χ1v) is 9.40. The molecule has 0 saturated carbocycles. The van der Waals surface area contributed by atoms with Gasteiger partial charge in [0.1, 0.15) is 5.52 Å². The maximum absolute atomic E-state index is 10.4. The van der Waals surface area contributed by atoms with Gasteiger partial charge in [0.05, 0.1) is 32.4 Å².